The summed E-state index contributed by atoms with van der Waals surface area (Å²) in [7, 11) is 1.22. The Labute approximate surface area is 173 Å². The quantitative estimate of drug-likeness (QED) is 0.537. The first-order valence-electron chi connectivity index (χ1n) is 9.03. The molecular formula is C22H20FN5O2. The summed E-state index contributed by atoms with van der Waals surface area (Å²) in [5.41, 5.74) is 2.59. The first-order chi connectivity index (χ1) is 14.5. The molecule has 0 fully saturated rings. The van der Waals surface area contributed by atoms with Crippen LogP contribution in [0.25, 0.3) is 12.2 Å². The molecule has 3 aromatic rings. The van der Waals surface area contributed by atoms with E-state index in [1.54, 1.807) is 30.6 Å². The van der Waals surface area contributed by atoms with Crippen LogP contribution in [-0.2, 0) is 4.74 Å². The van der Waals surface area contributed by atoms with Crippen molar-refractivity contribution in [2.24, 2.45) is 0 Å². The van der Waals surface area contributed by atoms with Gasteiger partial charge in [0.15, 0.2) is 11.6 Å². The van der Waals surface area contributed by atoms with E-state index in [4.69, 9.17) is 4.74 Å². The topological polar surface area (TPSA) is 89.0 Å². The lowest BCUT2D eigenvalue weighted by Crippen LogP contribution is -2.11. The summed E-state index contributed by atoms with van der Waals surface area (Å²) in [4.78, 5) is 24.8. The van der Waals surface area contributed by atoms with Crippen LogP contribution in [-0.4, -0.2) is 28.0 Å². The zero-order valence-corrected chi connectivity index (χ0v) is 16.5. The van der Waals surface area contributed by atoms with E-state index in [0.717, 1.165) is 11.6 Å². The molecule has 0 aliphatic carbocycles. The van der Waals surface area contributed by atoms with E-state index in [-0.39, 0.29) is 17.2 Å². The van der Waals surface area contributed by atoms with E-state index in [1.807, 2.05) is 25.1 Å². The molecule has 3 heterocycles. The molecule has 0 saturated heterocycles. The van der Waals surface area contributed by atoms with Crippen LogP contribution in [0.5, 0.6) is 0 Å². The van der Waals surface area contributed by atoms with Gasteiger partial charge in [0.1, 0.15) is 11.4 Å². The van der Waals surface area contributed by atoms with Crippen molar-refractivity contribution in [1.29, 1.82) is 0 Å². The van der Waals surface area contributed by atoms with Crippen LogP contribution in [0.3, 0.4) is 0 Å². The van der Waals surface area contributed by atoms with Gasteiger partial charge < -0.3 is 15.4 Å². The van der Waals surface area contributed by atoms with Gasteiger partial charge in [0.25, 0.3) is 0 Å². The zero-order valence-electron chi connectivity index (χ0n) is 16.5. The number of nitrogens with zero attached hydrogens (tertiary/aromatic N) is 3. The third kappa shape index (κ3) is 4.67. The van der Waals surface area contributed by atoms with Gasteiger partial charge in [0, 0.05) is 11.8 Å². The lowest BCUT2D eigenvalue weighted by molar-refractivity contribution is 0.0601. The molecular weight excluding hydrogens is 385 g/mol. The number of carbonyl (C=O) groups excluding carboxylic acids is 1. The number of hydrogen-bond donors (Lipinski definition) is 2. The Hall–Kier alpha value is -4.07. The first-order valence-corrected chi connectivity index (χ1v) is 9.03. The first kappa shape index (κ1) is 20.7. The average molecular weight is 405 g/mol. The highest BCUT2D eigenvalue weighted by molar-refractivity contribution is 5.96. The van der Waals surface area contributed by atoms with Crippen LogP contribution >= 0.6 is 0 Å². The van der Waals surface area contributed by atoms with Crippen LogP contribution < -0.4 is 10.6 Å². The Bertz CT molecular complexity index is 1100. The Kier molecular flexibility index (Phi) is 6.49. The molecule has 8 heteroatoms. The van der Waals surface area contributed by atoms with Crippen molar-refractivity contribution >= 4 is 41.1 Å². The second kappa shape index (κ2) is 9.42. The number of ether oxygens (including phenoxy) is 1. The predicted octanol–water partition coefficient (Wildman–Crippen LogP) is 4.96. The summed E-state index contributed by atoms with van der Waals surface area (Å²) >= 11 is 0. The number of anilines is 4. The minimum absolute atomic E-state index is 0.0490. The van der Waals surface area contributed by atoms with Gasteiger partial charge >= 0.3 is 5.97 Å². The monoisotopic (exact) mass is 405 g/mol. The van der Waals surface area contributed by atoms with Gasteiger partial charge in [-0.3, -0.25) is 9.97 Å². The Morgan fingerprint density at radius 2 is 2.00 bits per heavy atom. The van der Waals surface area contributed by atoms with Crippen molar-refractivity contribution in [3.63, 3.8) is 0 Å². The molecule has 0 unspecified atom stereocenters. The van der Waals surface area contributed by atoms with Crippen molar-refractivity contribution in [2.45, 2.75) is 6.92 Å². The van der Waals surface area contributed by atoms with E-state index in [1.165, 1.54) is 13.3 Å². The lowest BCUT2D eigenvalue weighted by Gasteiger charge is -2.14. The molecule has 0 bridgehead atoms. The smallest absolute Gasteiger partial charge is 0.341 e. The van der Waals surface area contributed by atoms with E-state index < -0.39 is 11.8 Å². The molecule has 0 spiro atoms. The van der Waals surface area contributed by atoms with Crippen LogP contribution in [0.1, 0.15) is 28.5 Å². The number of pyridine rings is 3. The SMILES string of the molecule is C=Cc1ncc(Nc2nc(Nc3cccnc3)c(F)cc2C(=O)OC)cc1/C=C\C. The fourth-order valence-electron chi connectivity index (χ4n) is 2.69. The number of esters is 1. The summed E-state index contributed by atoms with van der Waals surface area (Å²) in [6.45, 7) is 5.64. The number of halogens is 1. The second-order valence-electron chi connectivity index (χ2n) is 6.10. The summed E-state index contributed by atoms with van der Waals surface area (Å²) in [5.74, 6) is -1.38. The lowest BCUT2D eigenvalue weighted by atomic mass is 10.1. The number of allylic oxidation sites excluding steroid dienone is 1. The molecule has 3 aromatic heterocycles. The van der Waals surface area contributed by atoms with Gasteiger partial charge in [-0.25, -0.2) is 14.2 Å². The van der Waals surface area contributed by atoms with E-state index in [0.29, 0.717) is 17.1 Å². The molecule has 7 nitrogen and oxygen atoms in total. The fraction of sp³-hybridized carbons (Fsp3) is 0.0909. The number of methoxy groups -OCH3 is 1. The average Bonchev–Trinajstić information content (AvgIpc) is 2.76. The number of rotatable bonds is 7. The van der Waals surface area contributed by atoms with E-state index >= 15 is 0 Å². The molecule has 0 amide bonds. The van der Waals surface area contributed by atoms with Crippen molar-refractivity contribution in [3.8, 4) is 0 Å². The van der Waals surface area contributed by atoms with Crippen molar-refractivity contribution in [2.75, 3.05) is 17.7 Å². The molecule has 0 aliphatic heterocycles. The summed E-state index contributed by atoms with van der Waals surface area (Å²) in [6.07, 6.45) is 10.1. The van der Waals surface area contributed by atoms with E-state index in [2.05, 4.69) is 32.2 Å². The highest BCUT2D eigenvalue weighted by atomic mass is 19.1. The van der Waals surface area contributed by atoms with Crippen molar-refractivity contribution < 1.29 is 13.9 Å². The fourth-order valence-corrected chi connectivity index (χ4v) is 2.69. The standard InChI is InChI=1S/C22H20FN5O2/c1-4-7-14-10-16(13-25-19(14)5-2)27-20-17(22(29)30-3)11-18(23)21(28-20)26-15-8-6-9-24-12-15/h4-13H,2H2,1,3H3,(H2,26,27,28)/b7-4-. The molecule has 0 aliphatic rings. The Balaban J connectivity index is 2.03. The van der Waals surface area contributed by atoms with Gasteiger partial charge in [0.2, 0.25) is 0 Å². The third-order valence-corrected chi connectivity index (χ3v) is 4.06. The molecule has 0 atom stereocenters. The van der Waals surface area contributed by atoms with Crippen LogP contribution in [0.15, 0.2) is 55.5 Å². The molecule has 30 heavy (non-hydrogen) atoms. The number of carbonyl (C=O) groups is 1. The summed E-state index contributed by atoms with van der Waals surface area (Å²) in [6, 6.07) is 6.32. The molecule has 3 rings (SSSR count). The summed E-state index contributed by atoms with van der Waals surface area (Å²) in [5, 5.41) is 5.88. The highest BCUT2D eigenvalue weighted by Gasteiger charge is 2.19. The van der Waals surface area contributed by atoms with Gasteiger partial charge in [-0.2, -0.15) is 0 Å². The predicted molar refractivity (Wildman–Crippen MR) is 115 cm³/mol. The number of aromatic nitrogens is 3. The Morgan fingerprint density at radius 3 is 2.67 bits per heavy atom. The summed E-state index contributed by atoms with van der Waals surface area (Å²) < 4.78 is 19.4. The minimum Gasteiger partial charge on any atom is -0.465 e. The van der Waals surface area contributed by atoms with Gasteiger partial charge in [-0.1, -0.05) is 18.7 Å². The zero-order chi connectivity index (χ0) is 21.5. The largest absolute Gasteiger partial charge is 0.465 e. The second-order valence-corrected chi connectivity index (χ2v) is 6.10. The number of hydrogen-bond acceptors (Lipinski definition) is 7. The maximum atomic E-state index is 14.6. The molecule has 152 valence electrons. The minimum atomic E-state index is -0.721. The van der Waals surface area contributed by atoms with Crippen LogP contribution in [0, 0.1) is 5.82 Å². The van der Waals surface area contributed by atoms with Gasteiger partial charge in [-0.15, -0.1) is 0 Å². The third-order valence-electron chi connectivity index (χ3n) is 4.06. The maximum Gasteiger partial charge on any atom is 0.341 e. The van der Waals surface area contributed by atoms with Gasteiger partial charge in [-0.05, 0) is 37.3 Å². The molecule has 0 radical (unpaired) electrons. The Morgan fingerprint density at radius 1 is 1.20 bits per heavy atom. The molecule has 0 aromatic carbocycles. The van der Waals surface area contributed by atoms with Crippen molar-refractivity contribution in [1.82, 2.24) is 15.0 Å². The maximum absolute atomic E-state index is 14.6. The van der Waals surface area contributed by atoms with Crippen molar-refractivity contribution in [3.05, 3.63) is 78.1 Å². The highest BCUT2D eigenvalue weighted by Crippen LogP contribution is 2.27. The van der Waals surface area contributed by atoms with Gasteiger partial charge in [0.05, 0.1) is 36.6 Å². The van der Waals surface area contributed by atoms with Crippen LogP contribution in [0.4, 0.5) is 27.4 Å². The van der Waals surface area contributed by atoms with Crippen LogP contribution in [0.2, 0.25) is 0 Å². The number of nitrogens with one attached hydrogen (secondary N) is 2. The molecule has 2 N–H and O–H groups in total. The molecule has 0 saturated carbocycles. The normalized spacial score (nSPS) is 10.6. The van der Waals surface area contributed by atoms with E-state index in [9.17, 15) is 9.18 Å².